The number of carbonyl (C=O) groups is 1. The molecule has 2 aliphatic rings. The summed E-state index contributed by atoms with van der Waals surface area (Å²) < 4.78 is 5.74. The molecule has 0 spiro atoms. The first-order valence-electron chi connectivity index (χ1n) is 12.7. The van der Waals surface area contributed by atoms with Gasteiger partial charge in [-0.2, -0.15) is 0 Å². The van der Waals surface area contributed by atoms with Gasteiger partial charge in [-0.15, -0.1) is 0 Å². The third-order valence-corrected chi connectivity index (χ3v) is 7.21. The summed E-state index contributed by atoms with van der Waals surface area (Å²) in [5.41, 5.74) is 3.42. The van der Waals surface area contributed by atoms with Gasteiger partial charge in [0, 0.05) is 0 Å². The molecule has 0 N–H and O–H groups in total. The van der Waals surface area contributed by atoms with Gasteiger partial charge in [0.15, 0.2) is 0 Å². The van der Waals surface area contributed by atoms with E-state index >= 15 is 0 Å². The number of carbonyl (C=O) groups excluding carboxylic acids is 1. The van der Waals surface area contributed by atoms with E-state index in [-0.39, 0.29) is 12.1 Å². The largest absolute Gasteiger partial charge is 0.459 e. The molecular weight excluding hydrogens is 368 g/mol. The van der Waals surface area contributed by atoms with E-state index in [1.54, 1.807) is 0 Å². The number of rotatable bonds is 10. The molecule has 0 heterocycles. The molecule has 1 atom stereocenters. The molecule has 0 amide bonds. The van der Waals surface area contributed by atoms with Crippen molar-refractivity contribution in [3.63, 3.8) is 0 Å². The van der Waals surface area contributed by atoms with Crippen molar-refractivity contribution in [1.82, 2.24) is 0 Å². The quantitative estimate of drug-likeness (QED) is 0.286. The van der Waals surface area contributed by atoms with Crippen LogP contribution in [0.3, 0.4) is 0 Å². The van der Waals surface area contributed by atoms with Crippen molar-refractivity contribution in [2.24, 2.45) is 11.8 Å². The highest BCUT2D eigenvalue weighted by Crippen LogP contribution is 2.33. The topological polar surface area (TPSA) is 26.3 Å². The van der Waals surface area contributed by atoms with Crippen molar-refractivity contribution in [1.29, 1.82) is 0 Å². The van der Waals surface area contributed by atoms with Crippen LogP contribution in [0, 0.1) is 11.8 Å². The molecule has 1 aromatic carbocycles. The summed E-state index contributed by atoms with van der Waals surface area (Å²) in [5.74, 6) is 1.48. The zero-order chi connectivity index (χ0) is 21.2. The van der Waals surface area contributed by atoms with E-state index in [0.717, 1.165) is 24.7 Å². The minimum Gasteiger partial charge on any atom is -0.459 e. The molecule has 0 radical (unpaired) electrons. The average molecular weight is 411 g/mol. The van der Waals surface area contributed by atoms with Gasteiger partial charge in [0.1, 0.15) is 6.10 Å². The van der Waals surface area contributed by atoms with E-state index in [1.807, 2.05) is 12.1 Å². The van der Waals surface area contributed by atoms with Crippen molar-refractivity contribution >= 4 is 11.5 Å². The van der Waals surface area contributed by atoms with Crippen molar-refractivity contribution in [3.05, 3.63) is 41.5 Å². The highest BCUT2D eigenvalue weighted by Gasteiger charge is 2.22. The number of esters is 1. The van der Waals surface area contributed by atoms with Crippen LogP contribution in [0.5, 0.6) is 0 Å². The second-order valence-corrected chi connectivity index (χ2v) is 9.79. The lowest BCUT2D eigenvalue weighted by atomic mass is 9.83. The predicted octanol–water partition coefficient (Wildman–Crippen LogP) is 8.36. The maximum atomic E-state index is 12.5. The van der Waals surface area contributed by atoms with Gasteiger partial charge >= 0.3 is 5.97 Å². The second kappa shape index (κ2) is 12.3. The third-order valence-electron chi connectivity index (χ3n) is 7.21. The number of allylic oxidation sites excluding steroid dienone is 2. The highest BCUT2D eigenvalue weighted by molar-refractivity contribution is 5.90. The Morgan fingerprint density at radius 1 is 0.933 bits per heavy atom. The molecule has 166 valence electrons. The van der Waals surface area contributed by atoms with Gasteiger partial charge in [0.2, 0.25) is 0 Å². The molecule has 2 aliphatic carbocycles. The Morgan fingerprint density at radius 3 is 2.30 bits per heavy atom. The standard InChI is InChI=1S/C28H42O2/c1-3-4-5-6-7-8-9-23-12-14-24(15-13-23)25-16-18-26(19-17-25)28(29)30-27-20-10-22(2)11-21-27/h14,16-19,22-23,27H,3-13,15,20-21H2,1-2H3/t22-,23?,27-. The van der Waals surface area contributed by atoms with Crippen LogP contribution < -0.4 is 0 Å². The summed E-state index contributed by atoms with van der Waals surface area (Å²) in [4.78, 5) is 12.5. The van der Waals surface area contributed by atoms with E-state index in [2.05, 4.69) is 32.1 Å². The van der Waals surface area contributed by atoms with Crippen LogP contribution in [0.25, 0.3) is 5.57 Å². The van der Waals surface area contributed by atoms with Crippen LogP contribution in [-0.4, -0.2) is 12.1 Å². The Morgan fingerprint density at radius 2 is 1.63 bits per heavy atom. The Labute approximate surface area is 184 Å². The molecule has 2 heteroatoms. The molecule has 0 aliphatic heterocycles. The monoisotopic (exact) mass is 410 g/mol. The molecule has 1 fully saturated rings. The second-order valence-electron chi connectivity index (χ2n) is 9.79. The van der Waals surface area contributed by atoms with E-state index in [1.165, 1.54) is 88.2 Å². The zero-order valence-electron chi connectivity index (χ0n) is 19.3. The summed E-state index contributed by atoms with van der Waals surface area (Å²) in [6.07, 6.45) is 20.4. The van der Waals surface area contributed by atoms with Crippen LogP contribution in [0.4, 0.5) is 0 Å². The number of hydrogen-bond acceptors (Lipinski definition) is 2. The fraction of sp³-hybridized carbons (Fsp3) is 0.679. The third kappa shape index (κ3) is 7.29. The Hall–Kier alpha value is -1.57. The van der Waals surface area contributed by atoms with Gasteiger partial charge in [0.25, 0.3) is 0 Å². The lowest BCUT2D eigenvalue weighted by molar-refractivity contribution is 0.0174. The predicted molar refractivity (Wildman–Crippen MR) is 127 cm³/mol. The Kier molecular flexibility index (Phi) is 9.49. The number of unbranched alkanes of at least 4 members (excludes halogenated alkanes) is 5. The van der Waals surface area contributed by atoms with Crippen molar-refractivity contribution in [2.45, 2.75) is 110 Å². The highest BCUT2D eigenvalue weighted by atomic mass is 16.5. The van der Waals surface area contributed by atoms with E-state index in [0.29, 0.717) is 5.56 Å². The molecule has 30 heavy (non-hydrogen) atoms. The Bertz CT molecular complexity index is 664. The fourth-order valence-electron chi connectivity index (χ4n) is 5.01. The molecule has 3 rings (SSSR count). The minimum absolute atomic E-state index is 0.109. The lowest BCUT2D eigenvalue weighted by Crippen LogP contribution is -2.23. The van der Waals surface area contributed by atoms with Crippen molar-refractivity contribution in [3.8, 4) is 0 Å². The summed E-state index contributed by atoms with van der Waals surface area (Å²) in [6, 6.07) is 8.12. The molecule has 0 bridgehead atoms. The van der Waals surface area contributed by atoms with Crippen molar-refractivity contribution < 1.29 is 9.53 Å². The first-order valence-corrected chi connectivity index (χ1v) is 12.7. The van der Waals surface area contributed by atoms with Crippen LogP contribution in [0.15, 0.2) is 30.3 Å². The van der Waals surface area contributed by atoms with Gasteiger partial charge in [-0.25, -0.2) is 4.79 Å². The molecule has 0 aromatic heterocycles. The molecular formula is C28H42O2. The van der Waals surface area contributed by atoms with E-state index in [4.69, 9.17) is 4.74 Å². The first kappa shape index (κ1) is 23.1. The fourth-order valence-corrected chi connectivity index (χ4v) is 5.01. The van der Waals surface area contributed by atoms with Gasteiger partial charge in [-0.05, 0) is 80.1 Å². The van der Waals surface area contributed by atoms with Crippen molar-refractivity contribution in [2.75, 3.05) is 0 Å². The first-order chi connectivity index (χ1) is 14.7. The number of hydrogen-bond donors (Lipinski definition) is 0. The smallest absolute Gasteiger partial charge is 0.338 e. The maximum Gasteiger partial charge on any atom is 0.338 e. The SMILES string of the molecule is CCCCCCCCC1CC=C(c2ccc(C(=O)O[C@H]3CC[C@H](C)CC3)cc2)CC1. The number of benzene rings is 1. The van der Waals surface area contributed by atoms with E-state index < -0.39 is 0 Å². The Balaban J connectivity index is 1.41. The normalized spacial score (nSPS) is 24.3. The minimum atomic E-state index is -0.155. The molecule has 1 unspecified atom stereocenters. The van der Waals surface area contributed by atoms with Gasteiger partial charge in [-0.1, -0.05) is 77.0 Å². The van der Waals surface area contributed by atoms with E-state index in [9.17, 15) is 4.79 Å². The maximum absolute atomic E-state index is 12.5. The van der Waals surface area contributed by atoms with Gasteiger partial charge in [-0.3, -0.25) is 0 Å². The lowest BCUT2D eigenvalue weighted by Gasteiger charge is -2.26. The summed E-state index contributed by atoms with van der Waals surface area (Å²) in [5, 5.41) is 0. The zero-order valence-corrected chi connectivity index (χ0v) is 19.3. The van der Waals surface area contributed by atoms with Gasteiger partial charge in [0.05, 0.1) is 5.56 Å². The number of ether oxygens (including phenoxy) is 1. The molecule has 1 saturated carbocycles. The summed E-state index contributed by atoms with van der Waals surface area (Å²) in [7, 11) is 0. The van der Waals surface area contributed by atoms with Crippen LogP contribution >= 0.6 is 0 Å². The molecule has 1 aromatic rings. The average Bonchev–Trinajstić information content (AvgIpc) is 2.78. The summed E-state index contributed by atoms with van der Waals surface area (Å²) >= 11 is 0. The molecule has 2 nitrogen and oxygen atoms in total. The van der Waals surface area contributed by atoms with Crippen LogP contribution in [-0.2, 0) is 4.74 Å². The van der Waals surface area contributed by atoms with Gasteiger partial charge < -0.3 is 4.74 Å². The van der Waals surface area contributed by atoms with Crippen LogP contribution in [0.1, 0.15) is 120 Å². The summed E-state index contributed by atoms with van der Waals surface area (Å²) in [6.45, 7) is 4.57. The molecule has 0 saturated heterocycles. The van der Waals surface area contributed by atoms with Crippen LogP contribution in [0.2, 0.25) is 0 Å².